The average molecular weight is 413 g/mol. The molecule has 0 radical (unpaired) electrons. The summed E-state index contributed by atoms with van der Waals surface area (Å²) >= 11 is 1.54. The van der Waals surface area contributed by atoms with E-state index in [1.54, 1.807) is 11.3 Å². The summed E-state index contributed by atoms with van der Waals surface area (Å²) in [6.45, 7) is 7.59. The Labute approximate surface area is 177 Å². The molecule has 0 unspecified atom stereocenters. The topological polar surface area (TPSA) is 58.1 Å². The van der Waals surface area contributed by atoms with Crippen molar-refractivity contribution >= 4 is 27.5 Å². The van der Waals surface area contributed by atoms with E-state index < -0.39 is 0 Å². The van der Waals surface area contributed by atoms with E-state index in [2.05, 4.69) is 17.1 Å². The van der Waals surface area contributed by atoms with Crippen LogP contribution in [0.15, 0.2) is 0 Å². The lowest BCUT2D eigenvalue weighted by Gasteiger charge is -2.33. The second-order valence-electron chi connectivity index (χ2n) is 9.38. The summed E-state index contributed by atoms with van der Waals surface area (Å²) in [6.07, 6.45) is 10.2. The van der Waals surface area contributed by atoms with Gasteiger partial charge in [0.15, 0.2) is 0 Å². The Morgan fingerprint density at radius 2 is 1.79 bits per heavy atom. The van der Waals surface area contributed by atoms with Crippen molar-refractivity contribution in [3.05, 3.63) is 22.0 Å². The van der Waals surface area contributed by atoms with Crippen LogP contribution in [0.5, 0.6) is 0 Å². The molecule has 1 N–H and O–H groups in total. The Hall–Kier alpha value is -1.53. The van der Waals surface area contributed by atoms with Crippen LogP contribution < -0.4 is 5.32 Å². The second-order valence-corrected chi connectivity index (χ2v) is 10.4. The van der Waals surface area contributed by atoms with Crippen LogP contribution in [0.4, 0.5) is 0 Å². The zero-order valence-corrected chi connectivity index (χ0v) is 18.5. The molecule has 6 heteroatoms. The fourth-order valence-corrected chi connectivity index (χ4v) is 6.31. The van der Waals surface area contributed by atoms with E-state index in [1.807, 2.05) is 6.92 Å². The number of thiophene rings is 1. The van der Waals surface area contributed by atoms with Gasteiger partial charge in [-0.25, -0.2) is 9.97 Å². The normalized spacial score (nSPS) is 21.9. The lowest BCUT2D eigenvalue weighted by Crippen LogP contribution is -2.45. The van der Waals surface area contributed by atoms with Gasteiger partial charge in [-0.2, -0.15) is 0 Å². The number of likely N-dealkylation sites (tertiary alicyclic amines) is 1. The summed E-state index contributed by atoms with van der Waals surface area (Å²) in [5.41, 5.74) is 2.06. The van der Waals surface area contributed by atoms with Crippen LogP contribution >= 0.6 is 11.3 Å². The van der Waals surface area contributed by atoms with Crippen LogP contribution in [-0.2, 0) is 0 Å². The second kappa shape index (κ2) is 7.95. The highest BCUT2D eigenvalue weighted by molar-refractivity contribution is 7.20. The molecule has 2 aromatic rings. The Bertz CT molecular complexity index is 905. The molecule has 3 heterocycles. The average Bonchev–Trinajstić information content (AvgIpc) is 3.33. The molecule has 0 spiro atoms. The largest absolute Gasteiger partial charge is 0.349 e. The number of amides is 1. The minimum Gasteiger partial charge on any atom is -0.349 e. The molecule has 1 saturated heterocycles. The van der Waals surface area contributed by atoms with Crippen LogP contribution in [0.2, 0.25) is 0 Å². The van der Waals surface area contributed by atoms with Crippen LogP contribution in [-0.4, -0.2) is 46.5 Å². The highest BCUT2D eigenvalue weighted by Gasteiger charge is 2.29. The zero-order valence-electron chi connectivity index (χ0n) is 17.7. The molecule has 1 amide bonds. The summed E-state index contributed by atoms with van der Waals surface area (Å²) in [4.78, 5) is 27.0. The van der Waals surface area contributed by atoms with Crippen molar-refractivity contribution in [2.45, 2.75) is 77.2 Å². The fraction of sp³-hybridized carbons (Fsp3) is 0.696. The molecule has 5 nitrogen and oxygen atoms in total. The number of carbonyl (C=O) groups is 1. The van der Waals surface area contributed by atoms with Gasteiger partial charge in [-0.05, 0) is 63.9 Å². The molecule has 2 aliphatic carbocycles. The van der Waals surface area contributed by atoms with Crippen molar-refractivity contribution in [1.82, 2.24) is 20.2 Å². The minimum atomic E-state index is 0.0760. The molecular formula is C23H32N4OS. The number of aryl methyl sites for hydroxylation is 2. The van der Waals surface area contributed by atoms with Gasteiger partial charge in [0, 0.05) is 37.0 Å². The van der Waals surface area contributed by atoms with Crippen LogP contribution in [0.3, 0.4) is 0 Å². The predicted molar refractivity (Wildman–Crippen MR) is 118 cm³/mol. The van der Waals surface area contributed by atoms with Crippen molar-refractivity contribution in [2.24, 2.45) is 5.92 Å². The van der Waals surface area contributed by atoms with Gasteiger partial charge in [-0.3, -0.25) is 4.79 Å². The first-order valence-electron chi connectivity index (χ1n) is 11.4. The molecule has 29 heavy (non-hydrogen) atoms. The van der Waals surface area contributed by atoms with Gasteiger partial charge in [0.1, 0.15) is 10.7 Å². The van der Waals surface area contributed by atoms with Crippen molar-refractivity contribution in [3.8, 4) is 0 Å². The molecule has 2 saturated carbocycles. The summed E-state index contributed by atoms with van der Waals surface area (Å²) in [6, 6.07) is 0.293. The van der Waals surface area contributed by atoms with E-state index in [1.165, 1.54) is 45.1 Å². The molecule has 1 aliphatic heterocycles. The number of aromatic nitrogens is 2. The monoisotopic (exact) mass is 412 g/mol. The number of carbonyl (C=O) groups excluding carboxylic acids is 1. The number of hydrogen-bond acceptors (Lipinski definition) is 5. The number of nitrogens with one attached hydrogen (secondary N) is 1. The lowest BCUT2D eigenvalue weighted by molar-refractivity contribution is 0.0909. The van der Waals surface area contributed by atoms with E-state index in [-0.39, 0.29) is 5.91 Å². The van der Waals surface area contributed by atoms with E-state index >= 15 is 0 Å². The number of piperidine rings is 1. The maximum absolute atomic E-state index is 13.0. The smallest absolute Gasteiger partial charge is 0.261 e. The molecule has 156 valence electrons. The standard InChI is InChI=1S/C23H32N4OS/c1-14-19-15(2)24-21(17-7-8-17)26-23(19)29-20(14)22(28)25-18-9-11-27(12-10-18)13-16-5-3-4-6-16/h16-18H,3-13H2,1-2H3,(H,25,28). The van der Waals surface area contributed by atoms with Crippen molar-refractivity contribution in [2.75, 3.05) is 19.6 Å². The first kappa shape index (κ1) is 19.4. The Balaban J connectivity index is 1.23. The highest BCUT2D eigenvalue weighted by atomic mass is 32.1. The summed E-state index contributed by atoms with van der Waals surface area (Å²) < 4.78 is 0. The van der Waals surface area contributed by atoms with Crippen LogP contribution in [0.25, 0.3) is 10.2 Å². The molecule has 3 aliphatic rings. The summed E-state index contributed by atoms with van der Waals surface area (Å²) in [5, 5.41) is 4.40. The third-order valence-corrected chi connectivity index (χ3v) is 8.24. The van der Waals surface area contributed by atoms with E-state index in [4.69, 9.17) is 9.97 Å². The van der Waals surface area contributed by atoms with Gasteiger partial charge in [0.2, 0.25) is 0 Å². The van der Waals surface area contributed by atoms with Gasteiger partial charge >= 0.3 is 0 Å². The Kier molecular flexibility index (Phi) is 5.33. The van der Waals surface area contributed by atoms with Crippen LogP contribution in [0, 0.1) is 19.8 Å². The number of rotatable bonds is 5. The van der Waals surface area contributed by atoms with E-state index in [0.29, 0.717) is 12.0 Å². The number of hydrogen-bond donors (Lipinski definition) is 1. The quantitative estimate of drug-likeness (QED) is 0.781. The molecule has 5 rings (SSSR count). The maximum Gasteiger partial charge on any atom is 0.261 e. The van der Waals surface area contributed by atoms with Gasteiger partial charge in [0.05, 0.1) is 10.6 Å². The number of fused-ring (bicyclic) bond motifs is 1. The van der Waals surface area contributed by atoms with Crippen LogP contribution in [0.1, 0.15) is 84.0 Å². The molecule has 2 aromatic heterocycles. The van der Waals surface area contributed by atoms with Crippen molar-refractivity contribution in [1.29, 1.82) is 0 Å². The third kappa shape index (κ3) is 4.06. The SMILES string of the molecule is Cc1nc(C2CC2)nc2sc(C(=O)NC3CCN(CC4CCCC4)CC3)c(C)c12. The lowest BCUT2D eigenvalue weighted by atomic mass is 10.0. The number of nitrogens with zero attached hydrogens (tertiary/aromatic N) is 3. The third-order valence-electron chi connectivity index (χ3n) is 7.05. The van der Waals surface area contributed by atoms with Crippen molar-refractivity contribution in [3.63, 3.8) is 0 Å². The van der Waals surface area contributed by atoms with E-state index in [9.17, 15) is 4.79 Å². The van der Waals surface area contributed by atoms with Gasteiger partial charge in [-0.1, -0.05) is 12.8 Å². The van der Waals surface area contributed by atoms with E-state index in [0.717, 1.165) is 64.0 Å². The Morgan fingerprint density at radius 3 is 2.48 bits per heavy atom. The van der Waals surface area contributed by atoms with Gasteiger partial charge in [-0.15, -0.1) is 11.3 Å². The maximum atomic E-state index is 13.0. The van der Waals surface area contributed by atoms with Gasteiger partial charge < -0.3 is 10.2 Å². The molecular weight excluding hydrogens is 380 g/mol. The summed E-state index contributed by atoms with van der Waals surface area (Å²) in [7, 11) is 0. The first-order valence-corrected chi connectivity index (χ1v) is 12.2. The van der Waals surface area contributed by atoms with Gasteiger partial charge in [0.25, 0.3) is 5.91 Å². The van der Waals surface area contributed by atoms with Crippen molar-refractivity contribution < 1.29 is 4.79 Å². The predicted octanol–water partition coefficient (Wildman–Crippen LogP) is 4.57. The molecule has 0 bridgehead atoms. The molecule has 0 atom stereocenters. The fourth-order valence-electron chi connectivity index (χ4n) is 5.17. The molecule has 3 fully saturated rings. The zero-order chi connectivity index (χ0) is 20.0. The highest BCUT2D eigenvalue weighted by Crippen LogP contribution is 2.40. The minimum absolute atomic E-state index is 0.0760. The molecule has 0 aromatic carbocycles. The first-order chi connectivity index (χ1) is 14.1. The Morgan fingerprint density at radius 1 is 1.07 bits per heavy atom. The summed E-state index contributed by atoms with van der Waals surface area (Å²) in [5.74, 6) is 2.49.